The van der Waals surface area contributed by atoms with Gasteiger partial charge in [-0.1, -0.05) is 13.8 Å². The largest absolute Gasteiger partial charge is 0.380 e. The van der Waals surface area contributed by atoms with Gasteiger partial charge in [0.1, 0.15) is 5.82 Å². The molecule has 1 fully saturated rings. The lowest BCUT2D eigenvalue weighted by atomic mass is 9.82. The third-order valence-corrected chi connectivity index (χ3v) is 5.36. The van der Waals surface area contributed by atoms with E-state index in [9.17, 15) is 0 Å². The van der Waals surface area contributed by atoms with Gasteiger partial charge in [-0.2, -0.15) is 11.8 Å². The molecule has 1 aliphatic rings. The number of anilines is 2. The predicted molar refractivity (Wildman–Crippen MR) is 90.9 cm³/mol. The highest BCUT2D eigenvalue weighted by atomic mass is 32.2. The van der Waals surface area contributed by atoms with Crippen LogP contribution in [-0.2, 0) is 0 Å². The molecule has 1 aromatic heterocycles. The fourth-order valence-corrected chi connectivity index (χ4v) is 4.19. The molecular weight excluding hydrogens is 266 g/mol. The normalized spacial score (nSPS) is 21.5. The van der Waals surface area contributed by atoms with E-state index in [1.165, 1.54) is 17.9 Å². The van der Waals surface area contributed by atoms with Crippen molar-refractivity contribution in [2.45, 2.75) is 40.2 Å². The Balaban J connectivity index is 2.03. The molecule has 1 saturated heterocycles. The van der Waals surface area contributed by atoms with Crippen molar-refractivity contribution in [2.75, 3.05) is 34.8 Å². The summed E-state index contributed by atoms with van der Waals surface area (Å²) in [5, 5.41) is 3.67. The number of pyridine rings is 1. The lowest BCUT2D eigenvalue weighted by Gasteiger charge is -2.39. The highest BCUT2D eigenvalue weighted by molar-refractivity contribution is 7.99. The molecule has 0 radical (unpaired) electrons. The summed E-state index contributed by atoms with van der Waals surface area (Å²) in [5.74, 6) is 3.53. The van der Waals surface area contributed by atoms with Gasteiger partial charge in [-0.05, 0) is 43.6 Å². The number of thioether (sulfide) groups is 1. The Morgan fingerprint density at radius 1 is 1.35 bits per heavy atom. The summed E-state index contributed by atoms with van der Waals surface area (Å²) < 4.78 is 0. The second-order valence-electron chi connectivity index (χ2n) is 6.09. The lowest BCUT2D eigenvalue weighted by Crippen LogP contribution is -2.41. The van der Waals surface area contributed by atoms with E-state index in [0.717, 1.165) is 24.6 Å². The first-order valence-corrected chi connectivity index (χ1v) is 8.77. The molecule has 0 amide bonds. The van der Waals surface area contributed by atoms with E-state index in [0.29, 0.717) is 11.5 Å². The van der Waals surface area contributed by atoms with Crippen LogP contribution in [0.25, 0.3) is 0 Å². The van der Waals surface area contributed by atoms with Crippen LogP contribution in [-0.4, -0.2) is 35.6 Å². The van der Waals surface area contributed by atoms with Crippen LogP contribution in [0.15, 0.2) is 18.3 Å². The number of nitrogens with zero attached hydrogens (tertiary/aromatic N) is 2. The van der Waals surface area contributed by atoms with Crippen molar-refractivity contribution in [1.29, 1.82) is 0 Å². The topological polar surface area (TPSA) is 28.2 Å². The molecule has 0 aliphatic carbocycles. The Morgan fingerprint density at radius 3 is 2.65 bits per heavy atom. The average molecular weight is 293 g/mol. The Hall–Kier alpha value is -0.900. The molecule has 0 aromatic carbocycles. The van der Waals surface area contributed by atoms with Crippen molar-refractivity contribution in [1.82, 2.24) is 4.98 Å². The Morgan fingerprint density at radius 2 is 2.10 bits per heavy atom. The first-order chi connectivity index (χ1) is 9.56. The van der Waals surface area contributed by atoms with Crippen LogP contribution < -0.4 is 10.2 Å². The molecule has 0 bridgehead atoms. The van der Waals surface area contributed by atoms with Crippen LogP contribution in [0, 0.1) is 5.41 Å². The number of hydrogen-bond acceptors (Lipinski definition) is 4. The standard InChI is InChI=1S/C16H27N3S/c1-5-19(6-2)15-8-7-13(11-17-15)18-14-12-20-10-9-16(14,3)4/h7-8,11,14,18H,5-6,9-10,12H2,1-4H3. The third-order valence-electron chi connectivity index (χ3n) is 4.29. The van der Waals surface area contributed by atoms with Gasteiger partial charge in [0.15, 0.2) is 0 Å². The van der Waals surface area contributed by atoms with E-state index >= 15 is 0 Å². The predicted octanol–water partition coefficient (Wildman–Crippen LogP) is 3.87. The van der Waals surface area contributed by atoms with Gasteiger partial charge in [-0.15, -0.1) is 0 Å². The molecule has 1 aromatic rings. The first-order valence-electron chi connectivity index (χ1n) is 7.62. The molecule has 0 saturated carbocycles. The summed E-state index contributed by atoms with van der Waals surface area (Å²) in [7, 11) is 0. The van der Waals surface area contributed by atoms with Crippen molar-refractivity contribution in [3.63, 3.8) is 0 Å². The van der Waals surface area contributed by atoms with Crippen molar-refractivity contribution < 1.29 is 0 Å². The van der Waals surface area contributed by atoms with E-state index < -0.39 is 0 Å². The molecule has 3 nitrogen and oxygen atoms in total. The number of hydrogen-bond donors (Lipinski definition) is 1. The molecule has 0 spiro atoms. The molecule has 1 aliphatic heterocycles. The second-order valence-corrected chi connectivity index (χ2v) is 7.24. The smallest absolute Gasteiger partial charge is 0.128 e. The Labute approximate surface area is 127 Å². The second kappa shape index (κ2) is 6.70. The molecule has 1 N–H and O–H groups in total. The zero-order valence-corrected chi connectivity index (χ0v) is 14.0. The maximum Gasteiger partial charge on any atom is 0.128 e. The van der Waals surface area contributed by atoms with Crippen LogP contribution >= 0.6 is 11.8 Å². The highest BCUT2D eigenvalue weighted by Gasteiger charge is 2.32. The molecule has 20 heavy (non-hydrogen) atoms. The molecule has 4 heteroatoms. The van der Waals surface area contributed by atoms with Crippen LogP contribution in [0.2, 0.25) is 0 Å². The fourth-order valence-electron chi connectivity index (χ4n) is 2.58. The number of rotatable bonds is 5. The monoisotopic (exact) mass is 293 g/mol. The summed E-state index contributed by atoms with van der Waals surface area (Å²) in [6, 6.07) is 4.82. The van der Waals surface area contributed by atoms with Crippen molar-refractivity contribution in [3.05, 3.63) is 18.3 Å². The molecule has 112 valence electrons. The minimum absolute atomic E-state index is 0.364. The summed E-state index contributed by atoms with van der Waals surface area (Å²) in [6.07, 6.45) is 3.25. The maximum absolute atomic E-state index is 4.59. The first kappa shape index (κ1) is 15.5. The zero-order valence-electron chi connectivity index (χ0n) is 13.1. The van der Waals surface area contributed by atoms with Gasteiger partial charge in [-0.25, -0.2) is 4.98 Å². The van der Waals surface area contributed by atoms with Gasteiger partial charge in [0.2, 0.25) is 0 Å². The Kier molecular flexibility index (Phi) is 5.19. The Bertz CT molecular complexity index is 412. The van der Waals surface area contributed by atoms with Crippen LogP contribution in [0.5, 0.6) is 0 Å². The molecule has 2 heterocycles. The summed E-state index contributed by atoms with van der Waals surface area (Å²) >= 11 is 2.05. The van der Waals surface area contributed by atoms with Gasteiger partial charge in [0, 0.05) is 24.9 Å². The van der Waals surface area contributed by atoms with Crippen molar-refractivity contribution in [2.24, 2.45) is 5.41 Å². The maximum atomic E-state index is 4.59. The van der Waals surface area contributed by atoms with E-state index in [2.05, 4.69) is 55.0 Å². The van der Waals surface area contributed by atoms with E-state index in [1.54, 1.807) is 0 Å². The van der Waals surface area contributed by atoms with Gasteiger partial charge in [0.25, 0.3) is 0 Å². The fraction of sp³-hybridized carbons (Fsp3) is 0.688. The average Bonchev–Trinajstić information content (AvgIpc) is 2.44. The zero-order chi connectivity index (χ0) is 14.6. The van der Waals surface area contributed by atoms with Crippen molar-refractivity contribution >= 4 is 23.3 Å². The van der Waals surface area contributed by atoms with Crippen LogP contribution in [0.1, 0.15) is 34.1 Å². The molecular formula is C16H27N3S. The minimum Gasteiger partial charge on any atom is -0.380 e. The number of aromatic nitrogens is 1. The summed E-state index contributed by atoms with van der Waals surface area (Å²) in [4.78, 5) is 6.86. The van der Waals surface area contributed by atoms with Crippen LogP contribution in [0.3, 0.4) is 0 Å². The van der Waals surface area contributed by atoms with Gasteiger partial charge < -0.3 is 10.2 Å². The van der Waals surface area contributed by atoms with E-state index in [1.807, 2.05) is 18.0 Å². The molecule has 1 atom stereocenters. The minimum atomic E-state index is 0.364. The van der Waals surface area contributed by atoms with Gasteiger partial charge in [0.05, 0.1) is 11.9 Å². The quantitative estimate of drug-likeness (QED) is 0.892. The van der Waals surface area contributed by atoms with Gasteiger partial charge >= 0.3 is 0 Å². The molecule has 1 unspecified atom stereocenters. The van der Waals surface area contributed by atoms with Crippen molar-refractivity contribution in [3.8, 4) is 0 Å². The third kappa shape index (κ3) is 3.60. The SMILES string of the molecule is CCN(CC)c1ccc(NC2CSCCC2(C)C)cn1. The van der Waals surface area contributed by atoms with Crippen LogP contribution in [0.4, 0.5) is 11.5 Å². The lowest BCUT2D eigenvalue weighted by molar-refractivity contribution is 0.305. The molecule has 2 rings (SSSR count). The summed E-state index contributed by atoms with van der Waals surface area (Å²) in [5.41, 5.74) is 1.50. The van der Waals surface area contributed by atoms with E-state index in [-0.39, 0.29) is 0 Å². The summed E-state index contributed by atoms with van der Waals surface area (Å²) in [6.45, 7) is 11.1. The van der Waals surface area contributed by atoms with Gasteiger partial charge in [-0.3, -0.25) is 0 Å². The number of nitrogens with one attached hydrogen (secondary N) is 1. The highest BCUT2D eigenvalue weighted by Crippen LogP contribution is 2.36. The van der Waals surface area contributed by atoms with E-state index in [4.69, 9.17) is 0 Å².